The minimum absolute atomic E-state index is 0.0218. The van der Waals surface area contributed by atoms with Crippen LogP contribution in [-0.4, -0.2) is 16.2 Å². The van der Waals surface area contributed by atoms with Crippen LogP contribution in [0.25, 0.3) is 0 Å². The molecule has 21 heavy (non-hydrogen) atoms. The summed E-state index contributed by atoms with van der Waals surface area (Å²) in [4.78, 5) is 11.4. The van der Waals surface area contributed by atoms with Gasteiger partial charge in [-0.3, -0.25) is 0 Å². The topological polar surface area (TPSA) is 57.5 Å². The van der Waals surface area contributed by atoms with Crippen LogP contribution in [0.15, 0.2) is 12.1 Å². The molecule has 1 rings (SSSR count). The van der Waals surface area contributed by atoms with Crippen molar-refractivity contribution < 1.29 is 15.0 Å². The summed E-state index contributed by atoms with van der Waals surface area (Å²) >= 11 is 0. The van der Waals surface area contributed by atoms with Gasteiger partial charge in [-0.25, -0.2) is 4.79 Å². The predicted octanol–water partition coefficient (Wildman–Crippen LogP) is 4.76. The average molecular weight is 292 g/mol. The van der Waals surface area contributed by atoms with Crippen molar-refractivity contribution in [1.29, 1.82) is 0 Å². The number of aromatic carboxylic acids is 1. The molecule has 0 bridgehead atoms. The SMILES string of the molecule is CCC(C)(C)c1cc(CCCC(C)C)cc(C(=O)O)c1O. The summed E-state index contributed by atoms with van der Waals surface area (Å²) in [5, 5.41) is 19.6. The van der Waals surface area contributed by atoms with Crippen molar-refractivity contribution in [3.8, 4) is 5.75 Å². The van der Waals surface area contributed by atoms with Gasteiger partial charge in [0, 0.05) is 5.56 Å². The normalized spacial score (nSPS) is 11.9. The minimum Gasteiger partial charge on any atom is -0.507 e. The Kier molecular flexibility index (Phi) is 5.82. The Morgan fingerprint density at radius 2 is 1.90 bits per heavy atom. The lowest BCUT2D eigenvalue weighted by Crippen LogP contribution is -2.17. The predicted molar refractivity (Wildman–Crippen MR) is 86.2 cm³/mol. The molecule has 1 aromatic rings. The maximum Gasteiger partial charge on any atom is 0.339 e. The van der Waals surface area contributed by atoms with Gasteiger partial charge in [-0.2, -0.15) is 0 Å². The van der Waals surface area contributed by atoms with E-state index >= 15 is 0 Å². The van der Waals surface area contributed by atoms with Gasteiger partial charge in [-0.05, 0) is 42.2 Å². The molecule has 0 aliphatic rings. The number of benzene rings is 1. The molecule has 0 spiro atoms. The third kappa shape index (κ3) is 4.48. The molecule has 0 saturated heterocycles. The third-order valence-corrected chi connectivity index (χ3v) is 4.26. The molecule has 0 heterocycles. The van der Waals surface area contributed by atoms with Gasteiger partial charge in [0.1, 0.15) is 11.3 Å². The van der Waals surface area contributed by atoms with E-state index in [0.717, 1.165) is 36.8 Å². The van der Waals surface area contributed by atoms with Crippen LogP contribution in [0.1, 0.15) is 75.4 Å². The van der Waals surface area contributed by atoms with Gasteiger partial charge in [0.25, 0.3) is 0 Å². The average Bonchev–Trinajstić information content (AvgIpc) is 2.39. The van der Waals surface area contributed by atoms with Crippen LogP contribution in [0, 0.1) is 5.92 Å². The van der Waals surface area contributed by atoms with Gasteiger partial charge >= 0.3 is 5.97 Å². The zero-order chi connectivity index (χ0) is 16.2. The van der Waals surface area contributed by atoms with Crippen LogP contribution in [-0.2, 0) is 11.8 Å². The Morgan fingerprint density at radius 3 is 2.38 bits per heavy atom. The number of hydrogen-bond donors (Lipinski definition) is 2. The first kappa shape index (κ1) is 17.5. The number of carboxylic acid groups (broad SMARTS) is 1. The van der Waals surface area contributed by atoms with E-state index in [9.17, 15) is 15.0 Å². The van der Waals surface area contributed by atoms with Crippen molar-refractivity contribution >= 4 is 5.97 Å². The summed E-state index contributed by atoms with van der Waals surface area (Å²) in [5.74, 6) is -0.499. The Bertz CT molecular complexity index is 501. The molecule has 0 fully saturated rings. The van der Waals surface area contributed by atoms with Crippen LogP contribution in [0.3, 0.4) is 0 Å². The van der Waals surface area contributed by atoms with Crippen LogP contribution < -0.4 is 0 Å². The largest absolute Gasteiger partial charge is 0.507 e. The summed E-state index contributed by atoms with van der Waals surface area (Å²) in [6.07, 6.45) is 3.85. The fourth-order valence-electron chi connectivity index (χ4n) is 2.42. The van der Waals surface area contributed by atoms with E-state index in [2.05, 4.69) is 13.8 Å². The highest BCUT2D eigenvalue weighted by atomic mass is 16.4. The first-order valence-corrected chi connectivity index (χ1v) is 7.78. The van der Waals surface area contributed by atoms with Gasteiger partial charge in [-0.1, -0.05) is 47.1 Å². The molecule has 3 heteroatoms. The highest BCUT2D eigenvalue weighted by molar-refractivity contribution is 5.91. The summed E-state index contributed by atoms with van der Waals surface area (Å²) in [6, 6.07) is 3.60. The maximum atomic E-state index is 11.4. The van der Waals surface area contributed by atoms with Crippen molar-refractivity contribution in [2.24, 2.45) is 5.92 Å². The molecule has 2 N–H and O–H groups in total. The van der Waals surface area contributed by atoms with E-state index in [1.165, 1.54) is 0 Å². The molecule has 0 aliphatic carbocycles. The van der Waals surface area contributed by atoms with Gasteiger partial charge in [0.15, 0.2) is 0 Å². The second-order valence-electron chi connectivity index (χ2n) is 6.87. The number of hydrogen-bond acceptors (Lipinski definition) is 2. The fraction of sp³-hybridized carbons (Fsp3) is 0.611. The molecular weight excluding hydrogens is 264 g/mol. The second-order valence-corrected chi connectivity index (χ2v) is 6.87. The van der Waals surface area contributed by atoms with Crippen molar-refractivity contribution in [3.05, 3.63) is 28.8 Å². The van der Waals surface area contributed by atoms with Crippen LogP contribution in [0.2, 0.25) is 0 Å². The van der Waals surface area contributed by atoms with Gasteiger partial charge < -0.3 is 10.2 Å². The Hall–Kier alpha value is -1.51. The lowest BCUT2D eigenvalue weighted by molar-refractivity contribution is 0.0693. The van der Waals surface area contributed by atoms with E-state index < -0.39 is 5.97 Å². The highest BCUT2D eigenvalue weighted by Crippen LogP contribution is 2.37. The Balaban J connectivity index is 3.19. The number of carboxylic acids is 1. The van der Waals surface area contributed by atoms with E-state index in [0.29, 0.717) is 5.92 Å². The molecule has 0 unspecified atom stereocenters. The summed E-state index contributed by atoms with van der Waals surface area (Å²) in [5.41, 5.74) is 1.53. The van der Waals surface area contributed by atoms with Crippen molar-refractivity contribution in [2.45, 2.75) is 65.7 Å². The molecule has 3 nitrogen and oxygen atoms in total. The molecule has 0 radical (unpaired) electrons. The monoisotopic (exact) mass is 292 g/mol. The quantitative estimate of drug-likeness (QED) is 0.762. The number of aromatic hydroxyl groups is 1. The maximum absolute atomic E-state index is 11.4. The van der Waals surface area contributed by atoms with Crippen molar-refractivity contribution in [2.75, 3.05) is 0 Å². The number of aryl methyl sites for hydroxylation is 1. The summed E-state index contributed by atoms with van der Waals surface area (Å²) < 4.78 is 0. The summed E-state index contributed by atoms with van der Waals surface area (Å²) in [7, 11) is 0. The van der Waals surface area contributed by atoms with Gasteiger partial charge in [0.2, 0.25) is 0 Å². The fourth-order valence-corrected chi connectivity index (χ4v) is 2.42. The molecule has 1 aromatic carbocycles. The van der Waals surface area contributed by atoms with E-state index in [-0.39, 0.29) is 16.7 Å². The second kappa shape index (κ2) is 6.97. The molecule has 0 atom stereocenters. The molecule has 0 aliphatic heterocycles. The lowest BCUT2D eigenvalue weighted by Gasteiger charge is -2.26. The van der Waals surface area contributed by atoms with Crippen molar-refractivity contribution in [1.82, 2.24) is 0 Å². The highest BCUT2D eigenvalue weighted by Gasteiger charge is 2.26. The number of rotatable bonds is 7. The smallest absolute Gasteiger partial charge is 0.339 e. The zero-order valence-corrected chi connectivity index (χ0v) is 13.9. The molecule has 0 aromatic heterocycles. The molecule has 118 valence electrons. The number of phenols is 1. The van der Waals surface area contributed by atoms with Gasteiger partial charge in [0.05, 0.1) is 0 Å². The first-order valence-electron chi connectivity index (χ1n) is 7.78. The van der Waals surface area contributed by atoms with Gasteiger partial charge in [-0.15, -0.1) is 0 Å². The van der Waals surface area contributed by atoms with Crippen molar-refractivity contribution in [3.63, 3.8) is 0 Å². The van der Waals surface area contributed by atoms with E-state index in [1.54, 1.807) is 6.07 Å². The summed E-state index contributed by atoms with van der Waals surface area (Å²) in [6.45, 7) is 10.5. The minimum atomic E-state index is -1.06. The first-order chi connectivity index (χ1) is 9.69. The van der Waals surface area contributed by atoms with Crippen LogP contribution >= 0.6 is 0 Å². The van der Waals surface area contributed by atoms with Crippen LogP contribution in [0.4, 0.5) is 0 Å². The van der Waals surface area contributed by atoms with E-state index in [1.807, 2.05) is 26.8 Å². The molecule has 0 amide bonds. The zero-order valence-electron chi connectivity index (χ0n) is 13.9. The van der Waals surface area contributed by atoms with Crippen LogP contribution in [0.5, 0.6) is 5.75 Å². The third-order valence-electron chi connectivity index (χ3n) is 4.26. The Labute approximate surface area is 128 Å². The standard InChI is InChI=1S/C18H28O3/c1-6-18(4,5)15-11-13(9-7-8-12(2)3)10-14(16(15)19)17(20)21/h10-12,19H,6-9H2,1-5H3,(H,20,21). The molecule has 0 saturated carbocycles. The number of carbonyl (C=O) groups is 1. The molecular formula is C18H28O3. The van der Waals surface area contributed by atoms with E-state index in [4.69, 9.17) is 0 Å². The Morgan fingerprint density at radius 1 is 1.29 bits per heavy atom. The lowest BCUT2D eigenvalue weighted by atomic mass is 9.79.